The molecule has 2 aromatic carbocycles. The summed E-state index contributed by atoms with van der Waals surface area (Å²) in [5.74, 6) is -0.657. The van der Waals surface area contributed by atoms with Crippen molar-refractivity contribution in [3.05, 3.63) is 58.3 Å². The summed E-state index contributed by atoms with van der Waals surface area (Å²) in [6, 6.07) is 11.3. The van der Waals surface area contributed by atoms with Crippen molar-refractivity contribution in [2.75, 3.05) is 6.54 Å². The number of benzene rings is 2. The van der Waals surface area contributed by atoms with E-state index in [9.17, 15) is 9.59 Å². The smallest absolute Gasteiger partial charge is 0.252 e. The van der Waals surface area contributed by atoms with Crippen LogP contribution in [-0.2, 0) is 11.2 Å². The number of rotatable bonds is 5. The highest BCUT2D eigenvalue weighted by molar-refractivity contribution is 6.04. The largest absolute Gasteiger partial charge is 0.369 e. The number of primary amides is 1. The molecule has 3 aromatic rings. The molecule has 4 N–H and O–H groups in total. The third-order valence-electron chi connectivity index (χ3n) is 5.10. The molecular formula is C22H22N4O2. The number of aromatic amines is 1. The van der Waals surface area contributed by atoms with E-state index in [-0.39, 0.29) is 24.8 Å². The molecule has 0 saturated carbocycles. The van der Waals surface area contributed by atoms with Gasteiger partial charge in [0.05, 0.1) is 18.0 Å². The predicted molar refractivity (Wildman–Crippen MR) is 109 cm³/mol. The summed E-state index contributed by atoms with van der Waals surface area (Å²) in [7, 11) is 0. The number of H-pyrrole nitrogens is 1. The molecule has 0 aliphatic heterocycles. The van der Waals surface area contributed by atoms with Gasteiger partial charge in [0, 0.05) is 16.6 Å². The highest BCUT2D eigenvalue weighted by Gasteiger charge is 2.18. The summed E-state index contributed by atoms with van der Waals surface area (Å²) in [6.07, 6.45) is 0.158. The topological polar surface area (TPSA) is 112 Å². The van der Waals surface area contributed by atoms with Crippen LogP contribution in [0.4, 0.5) is 0 Å². The van der Waals surface area contributed by atoms with Crippen molar-refractivity contribution >= 4 is 22.7 Å². The molecule has 6 nitrogen and oxygen atoms in total. The van der Waals surface area contributed by atoms with Gasteiger partial charge in [0.25, 0.3) is 5.91 Å². The third kappa shape index (κ3) is 3.35. The fraction of sp³-hybridized carbons (Fsp3) is 0.227. The summed E-state index contributed by atoms with van der Waals surface area (Å²) in [4.78, 5) is 27.2. The van der Waals surface area contributed by atoms with E-state index >= 15 is 0 Å². The monoisotopic (exact) mass is 374 g/mol. The van der Waals surface area contributed by atoms with Gasteiger partial charge in [-0.1, -0.05) is 24.3 Å². The Kier molecular flexibility index (Phi) is 5.18. The van der Waals surface area contributed by atoms with Gasteiger partial charge in [-0.25, -0.2) is 0 Å². The van der Waals surface area contributed by atoms with Gasteiger partial charge >= 0.3 is 0 Å². The maximum Gasteiger partial charge on any atom is 0.252 e. The van der Waals surface area contributed by atoms with Crippen molar-refractivity contribution in [1.82, 2.24) is 10.3 Å². The second-order valence-corrected chi connectivity index (χ2v) is 6.86. The van der Waals surface area contributed by atoms with Crippen LogP contribution < -0.4 is 11.1 Å². The molecule has 3 rings (SSSR count). The fourth-order valence-electron chi connectivity index (χ4n) is 3.59. The molecule has 0 bridgehead atoms. The van der Waals surface area contributed by atoms with E-state index < -0.39 is 0 Å². The first-order chi connectivity index (χ1) is 13.3. The molecule has 0 fully saturated rings. The van der Waals surface area contributed by atoms with Gasteiger partial charge < -0.3 is 16.0 Å². The average Bonchev–Trinajstić information content (AvgIpc) is 2.96. The molecule has 0 aliphatic rings. The van der Waals surface area contributed by atoms with Crippen LogP contribution >= 0.6 is 0 Å². The Morgan fingerprint density at radius 2 is 1.86 bits per heavy atom. The lowest BCUT2D eigenvalue weighted by Gasteiger charge is -2.14. The minimum absolute atomic E-state index is 0.0370. The van der Waals surface area contributed by atoms with Crippen molar-refractivity contribution in [3.63, 3.8) is 0 Å². The maximum atomic E-state index is 12.4. The van der Waals surface area contributed by atoms with Crippen molar-refractivity contribution in [1.29, 1.82) is 5.26 Å². The number of nitrogens with zero attached hydrogens (tertiary/aromatic N) is 1. The van der Waals surface area contributed by atoms with Crippen LogP contribution in [-0.4, -0.2) is 23.3 Å². The number of nitrogens with two attached hydrogens (primary N) is 1. The Morgan fingerprint density at radius 3 is 2.54 bits per heavy atom. The van der Waals surface area contributed by atoms with Gasteiger partial charge in [-0.15, -0.1) is 0 Å². The van der Waals surface area contributed by atoms with E-state index in [2.05, 4.69) is 10.3 Å². The van der Waals surface area contributed by atoms with Crippen molar-refractivity contribution in [2.45, 2.75) is 27.2 Å². The van der Waals surface area contributed by atoms with Gasteiger partial charge in [0.2, 0.25) is 5.91 Å². The van der Waals surface area contributed by atoms with Gasteiger partial charge in [-0.05, 0) is 54.7 Å². The summed E-state index contributed by atoms with van der Waals surface area (Å²) in [5, 5.41) is 12.3. The highest BCUT2D eigenvalue weighted by Crippen LogP contribution is 2.36. The minimum Gasteiger partial charge on any atom is -0.369 e. The van der Waals surface area contributed by atoms with Crippen LogP contribution in [0.15, 0.2) is 30.3 Å². The second-order valence-electron chi connectivity index (χ2n) is 6.86. The Balaban J connectivity index is 2.21. The van der Waals surface area contributed by atoms with E-state index in [4.69, 9.17) is 11.0 Å². The Morgan fingerprint density at radius 1 is 1.11 bits per heavy atom. The van der Waals surface area contributed by atoms with E-state index in [1.807, 2.05) is 51.1 Å². The fourth-order valence-corrected chi connectivity index (χ4v) is 3.59. The molecular weight excluding hydrogens is 352 g/mol. The number of hydrogen-bond acceptors (Lipinski definition) is 3. The molecule has 142 valence electrons. The van der Waals surface area contributed by atoms with Crippen LogP contribution in [0.2, 0.25) is 0 Å². The zero-order valence-electron chi connectivity index (χ0n) is 16.1. The number of aromatic nitrogens is 1. The van der Waals surface area contributed by atoms with Crippen LogP contribution in [0, 0.1) is 32.1 Å². The van der Waals surface area contributed by atoms with Crippen molar-refractivity contribution in [2.24, 2.45) is 5.73 Å². The first kappa shape index (κ1) is 19.2. The molecule has 0 spiro atoms. The molecule has 28 heavy (non-hydrogen) atoms. The number of carbonyl (C=O) groups is 2. The second kappa shape index (κ2) is 7.57. The van der Waals surface area contributed by atoms with E-state index in [1.165, 1.54) is 0 Å². The lowest BCUT2D eigenvalue weighted by atomic mass is 9.91. The van der Waals surface area contributed by atoms with Crippen LogP contribution in [0.25, 0.3) is 22.0 Å². The lowest BCUT2D eigenvalue weighted by molar-refractivity contribution is -0.117. The lowest BCUT2D eigenvalue weighted by Crippen LogP contribution is -2.24. The molecule has 0 radical (unpaired) electrons. The number of nitriles is 1. The molecule has 6 heteroatoms. The van der Waals surface area contributed by atoms with Crippen LogP contribution in [0.1, 0.15) is 32.7 Å². The average molecular weight is 374 g/mol. The number of carbonyl (C=O) groups excluding carboxylic acids is 2. The van der Waals surface area contributed by atoms with Crippen LogP contribution in [0.5, 0.6) is 0 Å². The maximum absolute atomic E-state index is 12.4. The van der Waals surface area contributed by atoms with Gasteiger partial charge in [0.1, 0.15) is 6.54 Å². The number of amides is 2. The Labute approximate surface area is 163 Å². The van der Waals surface area contributed by atoms with E-state index in [0.29, 0.717) is 5.56 Å². The van der Waals surface area contributed by atoms with E-state index in [1.54, 1.807) is 6.07 Å². The summed E-state index contributed by atoms with van der Waals surface area (Å²) < 4.78 is 0. The molecule has 0 aliphatic carbocycles. The summed E-state index contributed by atoms with van der Waals surface area (Å²) in [5.41, 5.74) is 12.5. The molecule has 0 atom stereocenters. The highest BCUT2D eigenvalue weighted by atomic mass is 16.2. The minimum atomic E-state index is -0.383. The third-order valence-corrected chi connectivity index (χ3v) is 5.10. The van der Waals surface area contributed by atoms with Gasteiger partial charge in [0.15, 0.2) is 0 Å². The quantitative estimate of drug-likeness (QED) is 0.597. The Bertz CT molecular complexity index is 1140. The zero-order chi connectivity index (χ0) is 20.4. The standard InChI is InChI=1S/C22H22N4O2/c1-12-14(3)26-21-15(11-19(24)27)7-8-18(20(12)21)16-5-4-6-17(13(16)2)22(28)25-10-9-23/h4-8,26H,10-11H2,1-3H3,(H2,24,27)(H,25,28). The molecule has 0 unspecified atom stereocenters. The first-order valence-electron chi connectivity index (χ1n) is 8.99. The molecule has 1 aromatic heterocycles. The Hall–Kier alpha value is -3.59. The van der Waals surface area contributed by atoms with Gasteiger partial charge in [-0.3, -0.25) is 9.59 Å². The van der Waals surface area contributed by atoms with Crippen molar-refractivity contribution < 1.29 is 9.59 Å². The summed E-state index contributed by atoms with van der Waals surface area (Å²) in [6.45, 7) is 5.88. The normalized spacial score (nSPS) is 10.6. The van der Waals surface area contributed by atoms with Crippen molar-refractivity contribution in [3.8, 4) is 17.2 Å². The number of nitrogens with one attached hydrogen (secondary N) is 2. The molecule has 2 amide bonds. The van der Waals surface area contributed by atoms with Gasteiger partial charge in [-0.2, -0.15) is 5.26 Å². The number of hydrogen-bond donors (Lipinski definition) is 3. The number of fused-ring (bicyclic) bond motifs is 1. The van der Waals surface area contributed by atoms with Crippen LogP contribution in [0.3, 0.4) is 0 Å². The first-order valence-corrected chi connectivity index (χ1v) is 8.99. The SMILES string of the molecule is Cc1[nH]c2c(CC(N)=O)ccc(-c3cccc(C(=O)NCC#N)c3C)c2c1C. The summed E-state index contributed by atoms with van der Waals surface area (Å²) >= 11 is 0. The molecule has 1 heterocycles. The van der Waals surface area contributed by atoms with E-state index in [0.717, 1.165) is 44.4 Å². The number of aryl methyl sites for hydroxylation is 2. The predicted octanol–water partition coefficient (Wildman–Crippen LogP) is 3.04. The zero-order valence-corrected chi connectivity index (χ0v) is 16.1. The molecule has 0 saturated heterocycles.